The van der Waals surface area contributed by atoms with Crippen LogP contribution in [0.5, 0.6) is 11.5 Å². The highest BCUT2D eigenvalue weighted by molar-refractivity contribution is 8.26. The molecule has 1 fully saturated rings. The van der Waals surface area contributed by atoms with Gasteiger partial charge >= 0.3 is 0 Å². The molecule has 1 amide bonds. The highest BCUT2D eigenvalue weighted by atomic mass is 32.2. The summed E-state index contributed by atoms with van der Waals surface area (Å²) in [6, 6.07) is 16.0. The van der Waals surface area contributed by atoms with E-state index < -0.39 is 0 Å². The lowest BCUT2D eigenvalue weighted by Gasteiger charge is -2.11. The van der Waals surface area contributed by atoms with E-state index in [-0.39, 0.29) is 5.91 Å². The molecule has 168 valence electrons. The lowest BCUT2D eigenvalue weighted by molar-refractivity contribution is -0.121. The van der Waals surface area contributed by atoms with Crippen LogP contribution >= 0.6 is 24.0 Å². The van der Waals surface area contributed by atoms with Gasteiger partial charge in [-0.15, -0.1) is 6.58 Å². The predicted molar refractivity (Wildman–Crippen MR) is 137 cm³/mol. The lowest BCUT2D eigenvalue weighted by atomic mass is 9.99. The molecule has 0 saturated carbocycles. The van der Waals surface area contributed by atoms with Crippen molar-refractivity contribution in [3.05, 3.63) is 77.2 Å². The summed E-state index contributed by atoms with van der Waals surface area (Å²) >= 11 is 6.58. The van der Waals surface area contributed by atoms with Gasteiger partial charge in [-0.2, -0.15) is 0 Å². The number of hydrogen-bond donors (Lipinski definition) is 0. The number of thiocarbonyl (C=S) groups is 1. The van der Waals surface area contributed by atoms with Crippen molar-refractivity contribution in [2.45, 2.75) is 32.6 Å². The first-order chi connectivity index (χ1) is 15.5. The van der Waals surface area contributed by atoms with Crippen LogP contribution in [0.4, 0.5) is 0 Å². The lowest BCUT2D eigenvalue weighted by Crippen LogP contribution is -2.27. The van der Waals surface area contributed by atoms with E-state index in [0.29, 0.717) is 34.9 Å². The van der Waals surface area contributed by atoms with E-state index in [4.69, 9.17) is 21.7 Å². The zero-order valence-electron chi connectivity index (χ0n) is 18.6. The molecule has 0 aromatic heterocycles. The average Bonchev–Trinajstić information content (AvgIpc) is 3.07. The summed E-state index contributed by atoms with van der Waals surface area (Å²) in [4.78, 5) is 14.6. The van der Waals surface area contributed by atoms with E-state index in [1.54, 1.807) is 11.0 Å². The average molecular weight is 468 g/mol. The van der Waals surface area contributed by atoms with Gasteiger partial charge in [0.1, 0.15) is 15.8 Å². The van der Waals surface area contributed by atoms with Gasteiger partial charge in [-0.3, -0.25) is 9.69 Å². The summed E-state index contributed by atoms with van der Waals surface area (Å²) < 4.78 is 12.2. The predicted octanol–water partition coefficient (Wildman–Crippen LogP) is 6.44. The molecule has 0 bridgehead atoms. The second-order valence-electron chi connectivity index (χ2n) is 7.58. The Morgan fingerprint density at radius 1 is 1.06 bits per heavy atom. The van der Waals surface area contributed by atoms with Crippen LogP contribution in [0.15, 0.2) is 66.1 Å². The van der Waals surface area contributed by atoms with Crippen LogP contribution in [-0.4, -0.2) is 34.9 Å². The van der Waals surface area contributed by atoms with Crippen LogP contribution in [0.25, 0.3) is 6.08 Å². The van der Waals surface area contributed by atoms with E-state index in [1.807, 2.05) is 42.5 Å². The third-order valence-corrected chi connectivity index (χ3v) is 6.63. The van der Waals surface area contributed by atoms with Gasteiger partial charge in [0, 0.05) is 13.0 Å². The van der Waals surface area contributed by atoms with Gasteiger partial charge in [0.25, 0.3) is 5.91 Å². The van der Waals surface area contributed by atoms with Crippen molar-refractivity contribution in [1.82, 2.24) is 4.90 Å². The zero-order chi connectivity index (χ0) is 22.9. The van der Waals surface area contributed by atoms with Gasteiger partial charge in [0.2, 0.25) is 0 Å². The standard InChI is InChI=1S/C26H29NO3S2/c1-4-15-27-25(28)24(32-26(27)31)18-20-7-11-22(12-8-20)29-16-6-17-30-23-13-9-21(10-14-23)19(3)5-2/h4,7-14,18-19H,1,5-6,15-17H2,2-3H3/b24-18+/t19-/m0/s1. The first-order valence-corrected chi connectivity index (χ1v) is 12.1. The third-order valence-electron chi connectivity index (χ3n) is 5.25. The highest BCUT2D eigenvalue weighted by Gasteiger charge is 2.30. The molecule has 2 aromatic rings. The first kappa shape index (κ1) is 24.1. The van der Waals surface area contributed by atoms with Crippen molar-refractivity contribution < 1.29 is 14.3 Å². The number of carbonyl (C=O) groups is 1. The molecule has 0 radical (unpaired) electrons. The molecule has 1 saturated heterocycles. The van der Waals surface area contributed by atoms with E-state index in [1.165, 1.54) is 17.3 Å². The number of ether oxygens (including phenoxy) is 2. The molecule has 6 heteroatoms. The van der Waals surface area contributed by atoms with Gasteiger partial charge in [-0.05, 0) is 53.8 Å². The van der Waals surface area contributed by atoms with Crippen LogP contribution in [0, 0.1) is 0 Å². The van der Waals surface area contributed by atoms with Crippen molar-refractivity contribution in [2.24, 2.45) is 0 Å². The van der Waals surface area contributed by atoms with Crippen molar-refractivity contribution in [1.29, 1.82) is 0 Å². The molecule has 4 nitrogen and oxygen atoms in total. The maximum Gasteiger partial charge on any atom is 0.266 e. The number of benzene rings is 2. The molecule has 0 aliphatic carbocycles. The van der Waals surface area contributed by atoms with Crippen molar-refractivity contribution in [3.63, 3.8) is 0 Å². The van der Waals surface area contributed by atoms with Gasteiger partial charge in [0.15, 0.2) is 0 Å². The first-order valence-electron chi connectivity index (χ1n) is 10.8. The summed E-state index contributed by atoms with van der Waals surface area (Å²) in [5.41, 5.74) is 2.27. The Kier molecular flexibility index (Phi) is 8.94. The SMILES string of the molecule is C=CCN1C(=O)/C(=C\c2ccc(OCCCOc3ccc([C@@H](C)CC)cc3)cc2)SC1=S. The summed E-state index contributed by atoms with van der Waals surface area (Å²) in [6.07, 6.45) is 5.46. The summed E-state index contributed by atoms with van der Waals surface area (Å²) in [6.45, 7) is 9.71. The largest absolute Gasteiger partial charge is 0.493 e. The number of thioether (sulfide) groups is 1. The number of nitrogens with zero attached hydrogens (tertiary/aromatic N) is 1. The van der Waals surface area contributed by atoms with E-state index >= 15 is 0 Å². The molecule has 1 atom stereocenters. The monoisotopic (exact) mass is 467 g/mol. The molecule has 1 heterocycles. The molecule has 0 spiro atoms. The van der Waals surface area contributed by atoms with Crippen LogP contribution in [-0.2, 0) is 4.79 Å². The topological polar surface area (TPSA) is 38.8 Å². The second-order valence-corrected chi connectivity index (χ2v) is 9.25. The normalized spacial score (nSPS) is 15.8. The fourth-order valence-corrected chi connectivity index (χ4v) is 4.44. The minimum atomic E-state index is -0.0743. The van der Waals surface area contributed by atoms with Crippen LogP contribution in [0.2, 0.25) is 0 Å². The van der Waals surface area contributed by atoms with Crippen molar-refractivity contribution >= 4 is 40.3 Å². The Morgan fingerprint density at radius 3 is 2.22 bits per heavy atom. The fraction of sp³-hybridized carbons (Fsp3) is 0.308. The number of rotatable bonds is 11. The maximum atomic E-state index is 12.4. The Bertz CT molecular complexity index is 968. The van der Waals surface area contributed by atoms with Gasteiger partial charge in [-0.1, -0.05) is 68.2 Å². The van der Waals surface area contributed by atoms with Crippen LogP contribution < -0.4 is 9.47 Å². The molecular formula is C26H29NO3S2. The quantitative estimate of drug-likeness (QED) is 0.165. The van der Waals surface area contributed by atoms with E-state index in [2.05, 4.69) is 32.6 Å². The molecule has 0 unspecified atom stereocenters. The molecular weight excluding hydrogens is 438 g/mol. The minimum Gasteiger partial charge on any atom is -0.493 e. The highest BCUT2D eigenvalue weighted by Crippen LogP contribution is 2.32. The summed E-state index contributed by atoms with van der Waals surface area (Å²) in [5.74, 6) is 2.18. The Morgan fingerprint density at radius 2 is 1.66 bits per heavy atom. The Balaban J connectivity index is 1.42. The summed E-state index contributed by atoms with van der Waals surface area (Å²) in [7, 11) is 0. The zero-order valence-corrected chi connectivity index (χ0v) is 20.2. The molecule has 2 aromatic carbocycles. The number of hydrogen-bond acceptors (Lipinski definition) is 5. The fourth-order valence-electron chi connectivity index (χ4n) is 3.17. The minimum absolute atomic E-state index is 0.0743. The van der Waals surface area contributed by atoms with Gasteiger partial charge < -0.3 is 9.47 Å². The summed E-state index contributed by atoms with van der Waals surface area (Å²) in [5, 5.41) is 0. The van der Waals surface area contributed by atoms with Gasteiger partial charge in [0.05, 0.1) is 18.1 Å². The molecule has 1 aliphatic heterocycles. The molecule has 32 heavy (non-hydrogen) atoms. The Labute approximate surface area is 200 Å². The van der Waals surface area contributed by atoms with Gasteiger partial charge in [-0.25, -0.2) is 0 Å². The van der Waals surface area contributed by atoms with Crippen molar-refractivity contribution in [3.8, 4) is 11.5 Å². The number of amides is 1. The Hall–Kier alpha value is -2.57. The molecule has 3 rings (SSSR count). The maximum absolute atomic E-state index is 12.4. The van der Waals surface area contributed by atoms with Crippen molar-refractivity contribution in [2.75, 3.05) is 19.8 Å². The third kappa shape index (κ3) is 6.47. The molecule has 1 aliphatic rings. The number of carbonyl (C=O) groups excluding carboxylic acids is 1. The van der Waals surface area contributed by atoms with E-state index in [9.17, 15) is 4.79 Å². The van der Waals surface area contributed by atoms with Crippen LogP contribution in [0.1, 0.15) is 43.7 Å². The van der Waals surface area contributed by atoms with E-state index in [0.717, 1.165) is 29.9 Å². The smallest absolute Gasteiger partial charge is 0.266 e. The van der Waals surface area contributed by atoms with Crippen LogP contribution in [0.3, 0.4) is 0 Å². The second kappa shape index (κ2) is 11.9. The molecule has 0 N–H and O–H groups in total.